The topological polar surface area (TPSA) is 57.5 Å². The first-order chi connectivity index (χ1) is 14.0. The highest BCUT2D eigenvalue weighted by Crippen LogP contribution is 2.18. The molecule has 0 aliphatic carbocycles. The minimum absolute atomic E-state index is 0.122. The average molecular weight is 412 g/mol. The van der Waals surface area contributed by atoms with Crippen molar-refractivity contribution in [1.82, 2.24) is 4.57 Å². The van der Waals surface area contributed by atoms with Crippen LogP contribution in [0.15, 0.2) is 47.8 Å². The normalized spacial score (nSPS) is 10.7. The molecule has 0 saturated heterocycles. The summed E-state index contributed by atoms with van der Waals surface area (Å²) in [6.07, 6.45) is 1.05. The number of aromatic nitrogens is 1. The first kappa shape index (κ1) is 20.9. The molecule has 2 heterocycles. The smallest absolute Gasteiger partial charge is 0.310 e. The Bertz CT molecular complexity index is 971. The van der Waals surface area contributed by atoms with Crippen LogP contribution in [0.5, 0.6) is 5.75 Å². The van der Waals surface area contributed by atoms with E-state index < -0.39 is 5.97 Å². The van der Waals surface area contributed by atoms with Crippen LogP contribution in [-0.2, 0) is 28.9 Å². The van der Waals surface area contributed by atoms with Gasteiger partial charge in [-0.3, -0.25) is 9.59 Å². The lowest BCUT2D eigenvalue weighted by Crippen LogP contribution is -2.16. The summed E-state index contributed by atoms with van der Waals surface area (Å²) in [6.45, 7) is 4.51. The Morgan fingerprint density at radius 1 is 1.10 bits per heavy atom. The van der Waals surface area contributed by atoms with Gasteiger partial charge in [-0.2, -0.15) is 0 Å². The number of hydrogen-bond acceptors (Lipinski definition) is 5. The fourth-order valence-corrected chi connectivity index (χ4v) is 3.99. The molecule has 3 rings (SSSR count). The van der Waals surface area contributed by atoms with E-state index in [1.807, 2.05) is 38.1 Å². The second-order valence-corrected chi connectivity index (χ2v) is 7.91. The summed E-state index contributed by atoms with van der Waals surface area (Å²) in [6, 6.07) is 13.2. The second-order valence-electron chi connectivity index (χ2n) is 6.87. The Morgan fingerprint density at radius 3 is 2.52 bits per heavy atom. The van der Waals surface area contributed by atoms with Crippen LogP contribution < -0.4 is 4.74 Å². The molecule has 5 nitrogen and oxygen atoms in total. The predicted octanol–water partition coefficient (Wildman–Crippen LogP) is 4.39. The van der Waals surface area contributed by atoms with Gasteiger partial charge in [0.05, 0.1) is 13.5 Å². The molecule has 6 heteroatoms. The van der Waals surface area contributed by atoms with Crippen LogP contribution in [-0.4, -0.2) is 30.0 Å². The van der Waals surface area contributed by atoms with E-state index in [4.69, 9.17) is 9.47 Å². The molecule has 29 heavy (non-hydrogen) atoms. The number of ether oxygens (including phenoxy) is 2. The van der Waals surface area contributed by atoms with Crippen molar-refractivity contribution in [3.63, 3.8) is 0 Å². The van der Waals surface area contributed by atoms with Crippen molar-refractivity contribution in [2.45, 2.75) is 33.2 Å². The van der Waals surface area contributed by atoms with Crippen LogP contribution in [0.1, 0.15) is 32.2 Å². The number of carbonyl (C=O) groups is 2. The van der Waals surface area contributed by atoms with Crippen LogP contribution in [0.25, 0.3) is 0 Å². The highest BCUT2D eigenvalue weighted by atomic mass is 32.1. The summed E-state index contributed by atoms with van der Waals surface area (Å²) < 4.78 is 12.5. The van der Waals surface area contributed by atoms with Gasteiger partial charge in [-0.05, 0) is 55.5 Å². The van der Waals surface area contributed by atoms with Crippen molar-refractivity contribution >= 4 is 23.1 Å². The van der Waals surface area contributed by atoms with Gasteiger partial charge in [0, 0.05) is 28.4 Å². The average Bonchev–Trinajstić information content (AvgIpc) is 3.33. The molecular formula is C23H25NO4S. The molecule has 0 amide bonds. The van der Waals surface area contributed by atoms with Crippen LogP contribution in [0, 0.1) is 13.8 Å². The molecule has 1 aromatic carbocycles. The molecule has 0 N–H and O–H groups in total. The van der Waals surface area contributed by atoms with Gasteiger partial charge in [-0.1, -0.05) is 18.2 Å². The summed E-state index contributed by atoms with van der Waals surface area (Å²) >= 11 is 1.74. The van der Waals surface area contributed by atoms with Gasteiger partial charge in [-0.25, -0.2) is 0 Å². The van der Waals surface area contributed by atoms with Gasteiger partial charge in [0.1, 0.15) is 5.75 Å². The number of methoxy groups -OCH3 is 1. The van der Waals surface area contributed by atoms with Crippen LogP contribution in [0.4, 0.5) is 0 Å². The lowest BCUT2D eigenvalue weighted by molar-refractivity contribution is -0.141. The summed E-state index contributed by atoms with van der Waals surface area (Å²) in [4.78, 5) is 26.0. The molecule has 0 aliphatic heterocycles. The molecule has 0 fully saturated rings. The van der Waals surface area contributed by atoms with Crippen LogP contribution in [0.3, 0.4) is 0 Å². The molecule has 0 bridgehead atoms. The van der Waals surface area contributed by atoms with E-state index in [0.717, 1.165) is 35.7 Å². The van der Waals surface area contributed by atoms with Gasteiger partial charge in [0.15, 0.2) is 6.61 Å². The number of nitrogens with zero attached hydrogens (tertiary/aromatic N) is 1. The van der Waals surface area contributed by atoms with E-state index in [2.05, 4.69) is 16.0 Å². The number of ketones is 1. The van der Waals surface area contributed by atoms with Crippen molar-refractivity contribution in [2.75, 3.05) is 13.7 Å². The molecular weight excluding hydrogens is 386 g/mol. The fourth-order valence-electron chi connectivity index (χ4n) is 3.29. The lowest BCUT2D eigenvalue weighted by atomic mass is 10.1. The molecule has 0 spiro atoms. The molecule has 0 saturated carbocycles. The Morgan fingerprint density at radius 2 is 1.86 bits per heavy atom. The number of esters is 1. The number of aryl methyl sites for hydroxylation is 2. The van der Waals surface area contributed by atoms with Crippen LogP contribution in [0.2, 0.25) is 0 Å². The van der Waals surface area contributed by atoms with Crippen LogP contribution >= 0.6 is 11.3 Å². The molecule has 0 aliphatic rings. The number of hydrogen-bond donors (Lipinski definition) is 0. The van der Waals surface area contributed by atoms with Crippen molar-refractivity contribution in [1.29, 1.82) is 0 Å². The predicted molar refractivity (Wildman–Crippen MR) is 114 cm³/mol. The third-order valence-electron chi connectivity index (χ3n) is 4.91. The maximum atomic E-state index is 12.6. The molecule has 0 radical (unpaired) electrons. The molecule has 2 aromatic heterocycles. The SMILES string of the molecule is COc1ccc(CC(=O)OCC(=O)c2cc(C)n(CCc3cccs3)c2C)cc1. The second kappa shape index (κ2) is 9.56. The zero-order chi connectivity index (χ0) is 20.8. The minimum Gasteiger partial charge on any atom is -0.497 e. The number of Topliss-reactive ketones (excluding diaryl/α,β-unsaturated/α-hetero) is 1. The third kappa shape index (κ3) is 5.35. The largest absolute Gasteiger partial charge is 0.497 e. The van der Waals surface area contributed by atoms with E-state index >= 15 is 0 Å². The lowest BCUT2D eigenvalue weighted by Gasteiger charge is -2.09. The van der Waals surface area contributed by atoms with Crippen molar-refractivity contribution in [3.05, 3.63) is 75.2 Å². The highest BCUT2D eigenvalue weighted by molar-refractivity contribution is 7.09. The van der Waals surface area contributed by atoms with Crippen molar-refractivity contribution < 1.29 is 19.1 Å². The van der Waals surface area contributed by atoms with E-state index in [0.29, 0.717) is 5.56 Å². The zero-order valence-electron chi connectivity index (χ0n) is 16.9. The number of rotatable bonds is 9. The maximum Gasteiger partial charge on any atom is 0.310 e. The number of benzene rings is 1. The Hall–Kier alpha value is -2.86. The van der Waals surface area contributed by atoms with Gasteiger partial charge < -0.3 is 14.0 Å². The van der Waals surface area contributed by atoms with Gasteiger partial charge >= 0.3 is 5.97 Å². The number of thiophene rings is 1. The quantitative estimate of drug-likeness (QED) is 0.387. The van der Waals surface area contributed by atoms with E-state index in [1.54, 1.807) is 30.6 Å². The van der Waals surface area contributed by atoms with Crippen molar-refractivity contribution in [3.8, 4) is 5.75 Å². The zero-order valence-corrected chi connectivity index (χ0v) is 17.8. The maximum absolute atomic E-state index is 12.6. The monoisotopic (exact) mass is 411 g/mol. The molecule has 152 valence electrons. The van der Waals surface area contributed by atoms with Gasteiger partial charge in [-0.15, -0.1) is 11.3 Å². The Labute approximate surface area is 174 Å². The Balaban J connectivity index is 1.55. The van der Waals surface area contributed by atoms with E-state index in [-0.39, 0.29) is 18.8 Å². The summed E-state index contributed by atoms with van der Waals surface area (Å²) in [5.74, 6) is 0.130. The minimum atomic E-state index is -0.421. The number of carbonyl (C=O) groups excluding carboxylic acids is 2. The van der Waals surface area contributed by atoms with Crippen molar-refractivity contribution in [2.24, 2.45) is 0 Å². The van der Waals surface area contributed by atoms with E-state index in [1.165, 1.54) is 4.88 Å². The summed E-state index contributed by atoms with van der Waals surface area (Å²) in [7, 11) is 1.59. The molecule has 0 atom stereocenters. The fraction of sp³-hybridized carbons (Fsp3) is 0.304. The van der Waals surface area contributed by atoms with E-state index in [9.17, 15) is 9.59 Å². The Kier molecular flexibility index (Phi) is 6.88. The first-order valence-corrected chi connectivity index (χ1v) is 10.4. The highest BCUT2D eigenvalue weighted by Gasteiger charge is 2.17. The third-order valence-corrected chi connectivity index (χ3v) is 5.84. The summed E-state index contributed by atoms with van der Waals surface area (Å²) in [5, 5.41) is 2.07. The standard InChI is InChI=1S/C23H25NO4S/c1-16-13-21(17(2)24(16)11-10-20-5-4-12-29-20)22(25)15-28-23(26)14-18-6-8-19(27-3)9-7-18/h4-9,12-13H,10-11,14-15H2,1-3H3. The van der Waals surface area contributed by atoms with Gasteiger partial charge in [0.25, 0.3) is 0 Å². The molecule has 3 aromatic rings. The van der Waals surface area contributed by atoms with Gasteiger partial charge in [0.2, 0.25) is 5.78 Å². The molecule has 0 unspecified atom stereocenters. The first-order valence-electron chi connectivity index (χ1n) is 9.48. The summed E-state index contributed by atoms with van der Waals surface area (Å²) in [5.41, 5.74) is 3.38.